The molecular weight excluding hydrogens is 302 g/mol. The summed E-state index contributed by atoms with van der Waals surface area (Å²) in [6, 6.07) is 20.0. The highest BCUT2D eigenvalue weighted by Gasteiger charge is 2.26. The number of hydroxylamine groups is 2. The van der Waals surface area contributed by atoms with Crippen LogP contribution in [0.2, 0.25) is 0 Å². The summed E-state index contributed by atoms with van der Waals surface area (Å²) in [5.41, 5.74) is 14.0. The van der Waals surface area contributed by atoms with Gasteiger partial charge in [0.15, 0.2) is 6.17 Å². The monoisotopic (exact) mass is 323 g/mol. The molecule has 0 aromatic heterocycles. The van der Waals surface area contributed by atoms with Crippen molar-refractivity contribution in [3.05, 3.63) is 71.8 Å². The lowest BCUT2D eigenvalue weighted by molar-refractivity contribution is -0.130. The second-order valence-electron chi connectivity index (χ2n) is 5.49. The molecule has 0 saturated carbocycles. The smallest absolute Gasteiger partial charge is 0.226 e. The Hall–Kier alpha value is -2.86. The number of aliphatic imine (C=N–C) groups is 2. The molecule has 0 saturated heterocycles. The van der Waals surface area contributed by atoms with Gasteiger partial charge in [0, 0.05) is 0 Å². The van der Waals surface area contributed by atoms with E-state index in [0.717, 1.165) is 18.4 Å². The van der Waals surface area contributed by atoms with Gasteiger partial charge in [-0.15, -0.1) is 0 Å². The molecule has 1 aliphatic rings. The average Bonchev–Trinajstić information content (AvgIpc) is 2.61. The van der Waals surface area contributed by atoms with Crippen LogP contribution >= 0.6 is 0 Å². The highest BCUT2D eigenvalue weighted by molar-refractivity contribution is 5.94. The SMILES string of the molecule is NC1=NC(c2ccccc2)N(OCCCc2ccccc2)C(N)=N1. The van der Waals surface area contributed by atoms with Crippen molar-refractivity contribution in [2.24, 2.45) is 21.5 Å². The minimum Gasteiger partial charge on any atom is -0.368 e. The molecule has 6 heteroatoms. The van der Waals surface area contributed by atoms with E-state index >= 15 is 0 Å². The standard InChI is InChI=1S/C18H21N5O/c19-17-21-16(15-11-5-2-6-12-15)23(18(20)22-17)24-13-7-10-14-8-3-1-4-9-14/h1-6,8-9,11-12,16H,7,10,13H2,(H4,19,20,21,22). The first-order chi connectivity index (χ1) is 11.7. The van der Waals surface area contributed by atoms with Crippen LogP contribution < -0.4 is 11.5 Å². The summed E-state index contributed by atoms with van der Waals surface area (Å²) < 4.78 is 0. The fourth-order valence-corrected chi connectivity index (χ4v) is 2.55. The maximum Gasteiger partial charge on any atom is 0.226 e. The molecule has 24 heavy (non-hydrogen) atoms. The normalized spacial score (nSPS) is 17.3. The van der Waals surface area contributed by atoms with Gasteiger partial charge in [0.2, 0.25) is 11.9 Å². The molecule has 4 N–H and O–H groups in total. The Bertz CT molecular complexity index is 715. The van der Waals surface area contributed by atoms with Crippen LogP contribution in [-0.4, -0.2) is 23.6 Å². The van der Waals surface area contributed by atoms with E-state index in [9.17, 15) is 0 Å². The molecule has 0 aliphatic carbocycles. The number of hydrogen-bond donors (Lipinski definition) is 2. The number of rotatable bonds is 6. The predicted molar refractivity (Wildman–Crippen MR) is 95.0 cm³/mol. The van der Waals surface area contributed by atoms with E-state index in [1.54, 1.807) is 0 Å². The molecule has 1 unspecified atom stereocenters. The maximum absolute atomic E-state index is 5.98. The van der Waals surface area contributed by atoms with Gasteiger partial charge in [0.25, 0.3) is 0 Å². The zero-order valence-corrected chi connectivity index (χ0v) is 13.4. The number of nitrogens with two attached hydrogens (primary N) is 2. The van der Waals surface area contributed by atoms with Crippen LogP contribution in [0.3, 0.4) is 0 Å². The van der Waals surface area contributed by atoms with Crippen LogP contribution in [0.5, 0.6) is 0 Å². The summed E-state index contributed by atoms with van der Waals surface area (Å²) in [6.07, 6.45) is 1.39. The molecule has 0 radical (unpaired) electrons. The molecule has 0 bridgehead atoms. The van der Waals surface area contributed by atoms with Crippen molar-refractivity contribution in [1.82, 2.24) is 5.06 Å². The first-order valence-corrected chi connectivity index (χ1v) is 7.92. The van der Waals surface area contributed by atoms with E-state index < -0.39 is 6.17 Å². The van der Waals surface area contributed by atoms with Crippen LogP contribution in [0.1, 0.15) is 23.7 Å². The fraction of sp³-hybridized carbons (Fsp3) is 0.222. The molecule has 0 fully saturated rings. The third-order valence-corrected chi connectivity index (χ3v) is 3.71. The van der Waals surface area contributed by atoms with Gasteiger partial charge in [0.05, 0.1) is 6.61 Å². The third-order valence-electron chi connectivity index (χ3n) is 3.71. The minimum absolute atomic E-state index is 0.158. The first-order valence-electron chi connectivity index (χ1n) is 7.92. The van der Waals surface area contributed by atoms with Gasteiger partial charge in [-0.05, 0) is 24.0 Å². The molecule has 124 valence electrons. The molecule has 1 heterocycles. The fourth-order valence-electron chi connectivity index (χ4n) is 2.55. The van der Waals surface area contributed by atoms with E-state index in [1.165, 1.54) is 10.6 Å². The number of aryl methyl sites for hydroxylation is 1. The van der Waals surface area contributed by atoms with Crippen LogP contribution in [0.4, 0.5) is 0 Å². The molecule has 0 spiro atoms. The zero-order chi connectivity index (χ0) is 16.8. The Morgan fingerprint density at radius 1 is 0.958 bits per heavy atom. The van der Waals surface area contributed by atoms with Crippen LogP contribution in [0.15, 0.2) is 70.6 Å². The first kappa shape index (κ1) is 16.0. The Kier molecular flexibility index (Phi) is 5.08. The van der Waals surface area contributed by atoms with Crippen molar-refractivity contribution in [2.75, 3.05) is 6.61 Å². The van der Waals surface area contributed by atoms with Gasteiger partial charge in [-0.2, -0.15) is 10.1 Å². The van der Waals surface area contributed by atoms with E-state index in [2.05, 4.69) is 22.1 Å². The molecule has 2 aromatic carbocycles. The largest absolute Gasteiger partial charge is 0.368 e. The van der Waals surface area contributed by atoms with Crippen LogP contribution in [-0.2, 0) is 11.3 Å². The molecule has 2 aromatic rings. The van der Waals surface area contributed by atoms with Crippen molar-refractivity contribution in [2.45, 2.75) is 19.0 Å². The summed E-state index contributed by atoms with van der Waals surface area (Å²) in [7, 11) is 0. The summed E-state index contributed by atoms with van der Waals surface area (Å²) >= 11 is 0. The van der Waals surface area contributed by atoms with Crippen LogP contribution in [0, 0.1) is 0 Å². The van der Waals surface area contributed by atoms with Gasteiger partial charge in [-0.3, -0.25) is 4.84 Å². The lowest BCUT2D eigenvalue weighted by Gasteiger charge is -2.31. The van der Waals surface area contributed by atoms with E-state index in [1.807, 2.05) is 48.5 Å². The summed E-state index contributed by atoms with van der Waals surface area (Å²) in [4.78, 5) is 14.2. The second kappa shape index (κ2) is 7.61. The predicted octanol–water partition coefficient (Wildman–Crippen LogP) is 2.19. The quantitative estimate of drug-likeness (QED) is 0.798. The Morgan fingerprint density at radius 2 is 1.62 bits per heavy atom. The summed E-state index contributed by atoms with van der Waals surface area (Å²) in [5, 5.41) is 1.52. The highest BCUT2D eigenvalue weighted by atomic mass is 16.7. The minimum atomic E-state index is -0.416. The van der Waals surface area contributed by atoms with Gasteiger partial charge in [0.1, 0.15) is 0 Å². The molecular formula is C18H21N5O. The number of hydrogen-bond acceptors (Lipinski definition) is 6. The average molecular weight is 323 g/mol. The number of guanidine groups is 2. The highest BCUT2D eigenvalue weighted by Crippen LogP contribution is 2.24. The second-order valence-corrected chi connectivity index (χ2v) is 5.49. The van der Waals surface area contributed by atoms with Gasteiger partial charge < -0.3 is 11.5 Å². The van der Waals surface area contributed by atoms with Gasteiger partial charge >= 0.3 is 0 Å². The van der Waals surface area contributed by atoms with Crippen molar-refractivity contribution in [1.29, 1.82) is 0 Å². The van der Waals surface area contributed by atoms with E-state index in [-0.39, 0.29) is 11.9 Å². The molecule has 1 atom stereocenters. The summed E-state index contributed by atoms with van der Waals surface area (Å²) in [6.45, 7) is 0.518. The number of nitrogens with zero attached hydrogens (tertiary/aromatic N) is 3. The van der Waals surface area contributed by atoms with Crippen molar-refractivity contribution < 1.29 is 4.84 Å². The van der Waals surface area contributed by atoms with Gasteiger partial charge in [-0.1, -0.05) is 60.7 Å². The number of benzene rings is 2. The zero-order valence-electron chi connectivity index (χ0n) is 13.4. The Morgan fingerprint density at radius 3 is 2.33 bits per heavy atom. The molecule has 0 amide bonds. The Labute approximate surface area is 141 Å². The van der Waals surface area contributed by atoms with Crippen molar-refractivity contribution in [3.8, 4) is 0 Å². The van der Waals surface area contributed by atoms with Gasteiger partial charge in [-0.25, -0.2) is 4.99 Å². The Balaban J connectivity index is 1.62. The molecule has 3 rings (SSSR count). The topological polar surface area (TPSA) is 89.2 Å². The molecule has 1 aliphatic heterocycles. The van der Waals surface area contributed by atoms with Crippen molar-refractivity contribution >= 4 is 11.9 Å². The van der Waals surface area contributed by atoms with Crippen LogP contribution in [0.25, 0.3) is 0 Å². The lowest BCUT2D eigenvalue weighted by atomic mass is 10.1. The van der Waals surface area contributed by atoms with E-state index in [0.29, 0.717) is 6.61 Å². The van der Waals surface area contributed by atoms with E-state index in [4.69, 9.17) is 16.3 Å². The van der Waals surface area contributed by atoms with Crippen molar-refractivity contribution in [3.63, 3.8) is 0 Å². The third kappa shape index (κ3) is 3.91. The lowest BCUT2D eigenvalue weighted by Crippen LogP contribution is -2.44. The summed E-state index contributed by atoms with van der Waals surface area (Å²) in [5.74, 6) is 0.376. The molecule has 6 nitrogen and oxygen atoms in total. The maximum atomic E-state index is 5.98.